The molecule has 0 saturated carbocycles. The topological polar surface area (TPSA) is 88.3 Å². The fourth-order valence-corrected chi connectivity index (χ4v) is 3.81. The maximum absolute atomic E-state index is 13.0. The maximum Gasteiger partial charge on any atom is 0.251 e. The van der Waals surface area contributed by atoms with E-state index < -0.39 is 32.4 Å². The highest BCUT2D eigenvalue weighted by molar-refractivity contribution is 6.88. The van der Waals surface area contributed by atoms with Gasteiger partial charge in [0, 0.05) is 11.1 Å². The number of aliphatic hydroxyl groups is 1. The van der Waals surface area contributed by atoms with E-state index in [9.17, 15) is 14.3 Å². The lowest BCUT2D eigenvalue weighted by Crippen LogP contribution is -2.37. The van der Waals surface area contributed by atoms with Crippen molar-refractivity contribution in [2.75, 3.05) is 6.61 Å². The minimum absolute atomic E-state index is 0.0993. The average Bonchev–Trinajstić information content (AvgIpc) is 3.16. The summed E-state index contributed by atoms with van der Waals surface area (Å²) < 4.78 is 18.2. The van der Waals surface area contributed by atoms with Crippen molar-refractivity contribution in [3.63, 3.8) is 0 Å². The third-order valence-corrected chi connectivity index (χ3v) is 6.41. The van der Waals surface area contributed by atoms with Crippen LogP contribution in [0.4, 0.5) is 4.39 Å². The summed E-state index contributed by atoms with van der Waals surface area (Å²) in [4.78, 5) is 16.6. The van der Waals surface area contributed by atoms with Gasteiger partial charge in [0.1, 0.15) is 11.9 Å². The molecule has 0 radical (unpaired) electrons. The minimum atomic E-state index is -1.40. The summed E-state index contributed by atoms with van der Waals surface area (Å²) in [6.45, 7) is 6.39. The number of hydrogen-bond donors (Lipinski definition) is 2. The van der Waals surface area contributed by atoms with Crippen molar-refractivity contribution in [1.29, 1.82) is 0 Å². The van der Waals surface area contributed by atoms with Gasteiger partial charge in [-0.05, 0) is 24.3 Å². The fraction of sp³-hybridized carbons (Fsp3) is 0.250. The van der Waals surface area contributed by atoms with Crippen LogP contribution in [0.5, 0.6) is 0 Å². The van der Waals surface area contributed by atoms with Gasteiger partial charge in [-0.2, -0.15) is 4.98 Å². The Kier molecular flexibility index (Phi) is 5.71. The number of aromatic nitrogens is 2. The summed E-state index contributed by atoms with van der Waals surface area (Å²) in [7, 11) is -1.40. The van der Waals surface area contributed by atoms with Crippen LogP contribution in [0.25, 0.3) is 11.4 Å². The first kappa shape index (κ1) is 19.9. The quantitative estimate of drug-likeness (QED) is 0.622. The number of halogens is 1. The Morgan fingerprint density at radius 3 is 2.36 bits per heavy atom. The van der Waals surface area contributed by atoms with Crippen LogP contribution in [-0.4, -0.2) is 35.8 Å². The van der Waals surface area contributed by atoms with E-state index in [1.807, 2.05) is 12.1 Å². The number of carbonyl (C=O) groups is 1. The summed E-state index contributed by atoms with van der Waals surface area (Å²) in [6, 6.07) is 12.3. The summed E-state index contributed by atoms with van der Waals surface area (Å²) in [5.41, 5.74) is 1.06. The SMILES string of the molecule is C[Si](C)(C)c1ccc(-c2noc([C@H](CO)NC(=O)c3ccc(F)cc3)n2)cc1. The molecule has 2 aromatic carbocycles. The second kappa shape index (κ2) is 8.03. The molecule has 1 aromatic heterocycles. The van der Waals surface area contributed by atoms with Crippen LogP contribution >= 0.6 is 0 Å². The molecular weight excluding hydrogens is 377 g/mol. The number of nitrogens with one attached hydrogen (secondary N) is 1. The van der Waals surface area contributed by atoms with E-state index in [2.05, 4.69) is 47.2 Å². The van der Waals surface area contributed by atoms with Gasteiger partial charge in [-0.1, -0.05) is 54.2 Å². The fourth-order valence-electron chi connectivity index (χ4n) is 2.64. The number of aliphatic hydroxyl groups excluding tert-OH is 1. The monoisotopic (exact) mass is 399 g/mol. The van der Waals surface area contributed by atoms with Gasteiger partial charge in [0.15, 0.2) is 0 Å². The van der Waals surface area contributed by atoms with Crippen LogP contribution in [0.1, 0.15) is 22.3 Å². The molecule has 0 spiro atoms. The standard InChI is InChI=1S/C20H22FN3O3Si/c1-28(2,3)16-10-6-13(7-11-16)18-23-20(27-24-18)17(12-25)22-19(26)14-4-8-15(21)9-5-14/h4-11,17,25H,12H2,1-3H3,(H,22,26)/t17-/m0/s1. The van der Waals surface area contributed by atoms with Crippen molar-refractivity contribution in [1.82, 2.24) is 15.5 Å². The predicted molar refractivity (Wildman–Crippen MR) is 106 cm³/mol. The second-order valence-electron chi connectivity index (χ2n) is 7.50. The molecule has 3 rings (SSSR count). The molecule has 0 bridgehead atoms. The predicted octanol–water partition coefficient (Wildman–Crippen LogP) is 2.88. The van der Waals surface area contributed by atoms with E-state index >= 15 is 0 Å². The molecule has 1 amide bonds. The number of benzene rings is 2. The Morgan fingerprint density at radius 2 is 1.79 bits per heavy atom. The van der Waals surface area contributed by atoms with Crippen LogP contribution in [0.15, 0.2) is 53.1 Å². The van der Waals surface area contributed by atoms with Crippen molar-refractivity contribution in [2.45, 2.75) is 25.7 Å². The molecule has 0 aliphatic carbocycles. The lowest BCUT2D eigenvalue weighted by Gasteiger charge is -2.16. The first-order valence-corrected chi connectivity index (χ1v) is 12.4. The zero-order valence-corrected chi connectivity index (χ0v) is 16.9. The summed E-state index contributed by atoms with van der Waals surface area (Å²) in [5.74, 6) is -0.427. The van der Waals surface area contributed by atoms with Crippen LogP contribution in [0, 0.1) is 5.82 Å². The molecule has 0 fully saturated rings. The molecule has 146 valence electrons. The Balaban J connectivity index is 1.75. The zero-order chi connectivity index (χ0) is 20.3. The largest absolute Gasteiger partial charge is 0.394 e. The van der Waals surface area contributed by atoms with Crippen LogP contribution in [0.2, 0.25) is 19.6 Å². The van der Waals surface area contributed by atoms with Gasteiger partial charge in [0.05, 0.1) is 14.7 Å². The molecule has 1 heterocycles. The second-order valence-corrected chi connectivity index (χ2v) is 12.6. The van der Waals surface area contributed by atoms with E-state index in [1.54, 1.807) is 0 Å². The molecule has 3 aromatic rings. The maximum atomic E-state index is 13.0. The van der Waals surface area contributed by atoms with Gasteiger partial charge in [0.2, 0.25) is 5.82 Å². The zero-order valence-electron chi connectivity index (χ0n) is 15.9. The molecular formula is C20H22FN3O3Si. The highest BCUT2D eigenvalue weighted by atomic mass is 28.3. The van der Waals surface area contributed by atoms with E-state index in [-0.39, 0.29) is 11.5 Å². The van der Waals surface area contributed by atoms with E-state index in [4.69, 9.17) is 4.52 Å². The third-order valence-electron chi connectivity index (χ3n) is 4.34. The smallest absolute Gasteiger partial charge is 0.251 e. The average molecular weight is 399 g/mol. The molecule has 8 heteroatoms. The molecule has 0 aliphatic rings. The van der Waals surface area contributed by atoms with Crippen molar-refractivity contribution in [3.05, 3.63) is 65.8 Å². The normalized spacial score (nSPS) is 12.6. The molecule has 0 saturated heterocycles. The lowest BCUT2D eigenvalue weighted by molar-refractivity contribution is 0.0901. The van der Waals surface area contributed by atoms with E-state index in [0.717, 1.165) is 5.56 Å². The van der Waals surface area contributed by atoms with Crippen molar-refractivity contribution < 1.29 is 18.8 Å². The van der Waals surface area contributed by atoms with Crippen molar-refractivity contribution in [3.8, 4) is 11.4 Å². The summed E-state index contributed by atoms with van der Waals surface area (Å²) in [5, 5.41) is 17.5. The van der Waals surface area contributed by atoms with Gasteiger partial charge in [-0.15, -0.1) is 0 Å². The Morgan fingerprint density at radius 1 is 1.14 bits per heavy atom. The Hall–Kier alpha value is -2.84. The molecule has 0 aliphatic heterocycles. The van der Waals surface area contributed by atoms with Gasteiger partial charge >= 0.3 is 0 Å². The Bertz CT molecular complexity index is 950. The highest BCUT2D eigenvalue weighted by Gasteiger charge is 2.22. The van der Waals surface area contributed by atoms with Gasteiger partial charge in [0.25, 0.3) is 11.8 Å². The first-order chi connectivity index (χ1) is 13.3. The lowest BCUT2D eigenvalue weighted by atomic mass is 10.2. The summed E-state index contributed by atoms with van der Waals surface area (Å²) >= 11 is 0. The Labute approximate surface area is 163 Å². The minimum Gasteiger partial charge on any atom is -0.394 e. The molecule has 2 N–H and O–H groups in total. The highest BCUT2D eigenvalue weighted by Crippen LogP contribution is 2.19. The molecule has 28 heavy (non-hydrogen) atoms. The van der Waals surface area contributed by atoms with Gasteiger partial charge in [-0.3, -0.25) is 4.79 Å². The van der Waals surface area contributed by atoms with Gasteiger partial charge < -0.3 is 14.9 Å². The van der Waals surface area contributed by atoms with Gasteiger partial charge in [-0.25, -0.2) is 4.39 Å². The van der Waals surface area contributed by atoms with Crippen LogP contribution < -0.4 is 10.5 Å². The number of rotatable bonds is 6. The molecule has 1 atom stereocenters. The van der Waals surface area contributed by atoms with E-state index in [0.29, 0.717) is 5.82 Å². The number of amides is 1. The van der Waals surface area contributed by atoms with Crippen molar-refractivity contribution in [2.24, 2.45) is 0 Å². The van der Waals surface area contributed by atoms with Crippen LogP contribution in [-0.2, 0) is 0 Å². The number of carbonyl (C=O) groups excluding carboxylic acids is 1. The molecule has 0 unspecified atom stereocenters. The number of hydrogen-bond acceptors (Lipinski definition) is 5. The first-order valence-electron chi connectivity index (χ1n) is 8.90. The van der Waals surface area contributed by atoms with E-state index in [1.165, 1.54) is 29.5 Å². The third kappa shape index (κ3) is 4.52. The molecule has 6 nitrogen and oxygen atoms in total. The van der Waals surface area contributed by atoms with Crippen LogP contribution in [0.3, 0.4) is 0 Å². The summed E-state index contributed by atoms with van der Waals surface area (Å²) in [6.07, 6.45) is 0. The van der Waals surface area contributed by atoms with Crippen molar-refractivity contribution >= 4 is 19.2 Å². The number of nitrogens with zero attached hydrogens (tertiary/aromatic N) is 2.